The molecule has 0 saturated carbocycles. The van der Waals surface area contributed by atoms with Crippen LogP contribution in [0.3, 0.4) is 0 Å². The molecule has 108 valence electrons. The van der Waals surface area contributed by atoms with Gasteiger partial charge in [-0.15, -0.1) is 0 Å². The second-order valence-electron chi connectivity index (χ2n) is 5.40. The van der Waals surface area contributed by atoms with Gasteiger partial charge in [-0.1, -0.05) is 18.2 Å². The Bertz CT molecular complexity index is 956. The SMILES string of the molecule is Cc1cccc(N2C(=O)c3nc4ccccn4c3C2=O)c1C. The van der Waals surface area contributed by atoms with E-state index in [1.165, 1.54) is 4.90 Å². The fraction of sp³-hybridized carbons (Fsp3) is 0.118. The highest BCUT2D eigenvalue weighted by Crippen LogP contribution is 2.31. The van der Waals surface area contributed by atoms with Crippen molar-refractivity contribution < 1.29 is 9.59 Å². The van der Waals surface area contributed by atoms with Gasteiger partial charge in [0.05, 0.1) is 5.69 Å². The average molecular weight is 291 g/mol. The molecule has 2 amide bonds. The van der Waals surface area contributed by atoms with Gasteiger partial charge in [0.2, 0.25) is 0 Å². The molecule has 1 aliphatic rings. The number of hydrogen-bond donors (Lipinski definition) is 0. The summed E-state index contributed by atoms with van der Waals surface area (Å²) in [5, 5.41) is 0. The number of fused-ring (bicyclic) bond motifs is 3. The number of imidazole rings is 1. The van der Waals surface area contributed by atoms with E-state index in [-0.39, 0.29) is 17.5 Å². The predicted molar refractivity (Wildman–Crippen MR) is 82.2 cm³/mol. The van der Waals surface area contributed by atoms with E-state index < -0.39 is 0 Å². The number of benzene rings is 1. The van der Waals surface area contributed by atoms with Crippen molar-refractivity contribution >= 4 is 23.1 Å². The molecule has 0 bridgehead atoms. The first kappa shape index (κ1) is 12.8. The van der Waals surface area contributed by atoms with Crippen LogP contribution >= 0.6 is 0 Å². The maximum absolute atomic E-state index is 12.8. The number of aromatic nitrogens is 2. The van der Waals surface area contributed by atoms with Crippen LogP contribution in [-0.4, -0.2) is 21.2 Å². The van der Waals surface area contributed by atoms with Gasteiger partial charge in [0.1, 0.15) is 11.3 Å². The van der Waals surface area contributed by atoms with Gasteiger partial charge < -0.3 is 0 Å². The maximum atomic E-state index is 12.8. The third-order valence-corrected chi connectivity index (χ3v) is 4.16. The molecule has 0 atom stereocenters. The number of imide groups is 1. The lowest BCUT2D eigenvalue weighted by atomic mass is 10.1. The predicted octanol–water partition coefficient (Wildman–Crippen LogP) is 2.75. The minimum Gasteiger partial charge on any atom is -0.295 e. The Balaban J connectivity index is 1.93. The van der Waals surface area contributed by atoms with Crippen LogP contribution in [0, 0.1) is 13.8 Å². The summed E-state index contributed by atoms with van der Waals surface area (Å²) in [6.45, 7) is 3.87. The molecule has 2 aromatic heterocycles. The molecular formula is C17H13N3O2. The van der Waals surface area contributed by atoms with E-state index in [0.717, 1.165) is 11.1 Å². The monoisotopic (exact) mass is 291 g/mol. The summed E-state index contributed by atoms with van der Waals surface area (Å²) in [4.78, 5) is 31.0. The zero-order valence-corrected chi connectivity index (χ0v) is 12.2. The zero-order chi connectivity index (χ0) is 15.4. The molecule has 0 saturated heterocycles. The standard InChI is InChI=1S/C17H13N3O2/c1-10-6-5-7-12(11(10)2)20-16(21)14-15(17(20)22)19-9-4-3-8-13(19)18-14/h3-9H,1-2H3. The second-order valence-corrected chi connectivity index (χ2v) is 5.40. The van der Waals surface area contributed by atoms with Crippen molar-refractivity contribution in [3.8, 4) is 0 Å². The average Bonchev–Trinajstić information content (AvgIpc) is 3.00. The quantitative estimate of drug-likeness (QED) is 0.648. The number of hydrogen-bond acceptors (Lipinski definition) is 3. The lowest BCUT2D eigenvalue weighted by molar-refractivity contribution is 0.0922. The summed E-state index contributed by atoms with van der Waals surface area (Å²) < 4.78 is 1.67. The Morgan fingerprint density at radius 2 is 1.77 bits per heavy atom. The lowest BCUT2D eigenvalue weighted by Gasteiger charge is -2.17. The topological polar surface area (TPSA) is 54.7 Å². The van der Waals surface area contributed by atoms with E-state index in [1.54, 1.807) is 22.7 Å². The van der Waals surface area contributed by atoms with E-state index >= 15 is 0 Å². The van der Waals surface area contributed by atoms with Crippen molar-refractivity contribution in [2.75, 3.05) is 4.90 Å². The summed E-state index contributed by atoms with van der Waals surface area (Å²) in [5.74, 6) is -0.690. The molecule has 0 aliphatic carbocycles. The van der Waals surface area contributed by atoms with Crippen LogP contribution < -0.4 is 4.90 Å². The summed E-state index contributed by atoms with van der Waals surface area (Å²) in [6, 6.07) is 11.0. The fourth-order valence-electron chi connectivity index (χ4n) is 2.85. The van der Waals surface area contributed by atoms with Gasteiger partial charge >= 0.3 is 0 Å². The Morgan fingerprint density at radius 3 is 2.59 bits per heavy atom. The summed E-state index contributed by atoms with van der Waals surface area (Å²) in [7, 11) is 0. The van der Waals surface area contributed by atoms with Crippen molar-refractivity contribution in [1.82, 2.24) is 9.38 Å². The van der Waals surface area contributed by atoms with Crippen molar-refractivity contribution in [3.05, 3.63) is 65.1 Å². The molecule has 1 aromatic carbocycles. The van der Waals surface area contributed by atoms with Gasteiger partial charge in [-0.05, 0) is 43.2 Å². The summed E-state index contributed by atoms with van der Waals surface area (Å²) in [6.07, 6.45) is 1.75. The van der Waals surface area contributed by atoms with Crippen LogP contribution in [0.4, 0.5) is 5.69 Å². The molecule has 4 rings (SSSR count). The van der Waals surface area contributed by atoms with Gasteiger partial charge in [-0.3, -0.25) is 14.0 Å². The van der Waals surface area contributed by atoms with Crippen LogP contribution in [0.2, 0.25) is 0 Å². The number of anilines is 1. The molecule has 0 radical (unpaired) electrons. The van der Waals surface area contributed by atoms with Crippen molar-refractivity contribution in [1.29, 1.82) is 0 Å². The number of amides is 2. The fourth-order valence-corrected chi connectivity index (χ4v) is 2.85. The number of rotatable bonds is 1. The molecular weight excluding hydrogens is 278 g/mol. The molecule has 5 heteroatoms. The Morgan fingerprint density at radius 1 is 0.955 bits per heavy atom. The molecule has 22 heavy (non-hydrogen) atoms. The van der Waals surface area contributed by atoms with Gasteiger partial charge in [-0.25, -0.2) is 9.88 Å². The van der Waals surface area contributed by atoms with Crippen LogP contribution in [0.15, 0.2) is 42.6 Å². The van der Waals surface area contributed by atoms with Crippen molar-refractivity contribution in [2.45, 2.75) is 13.8 Å². The van der Waals surface area contributed by atoms with Gasteiger partial charge in [0.15, 0.2) is 5.69 Å². The minimum absolute atomic E-state index is 0.220. The molecule has 5 nitrogen and oxygen atoms in total. The molecule has 3 heterocycles. The Labute approximate surface area is 126 Å². The molecule has 0 unspecified atom stereocenters. The molecule has 0 fully saturated rings. The van der Waals surface area contributed by atoms with Crippen molar-refractivity contribution in [2.24, 2.45) is 0 Å². The number of nitrogens with zero attached hydrogens (tertiary/aromatic N) is 3. The molecule has 1 aliphatic heterocycles. The number of pyridine rings is 1. The van der Waals surface area contributed by atoms with E-state index in [2.05, 4.69) is 4.98 Å². The first-order valence-electron chi connectivity index (χ1n) is 7.01. The third-order valence-electron chi connectivity index (χ3n) is 4.16. The highest BCUT2D eigenvalue weighted by atomic mass is 16.2. The van der Waals surface area contributed by atoms with Crippen LogP contribution in [-0.2, 0) is 0 Å². The van der Waals surface area contributed by atoms with Crippen LogP contribution in [0.25, 0.3) is 5.65 Å². The van der Waals surface area contributed by atoms with Crippen LogP contribution in [0.1, 0.15) is 32.1 Å². The molecule has 0 N–H and O–H groups in total. The number of carbonyl (C=O) groups is 2. The maximum Gasteiger partial charge on any atom is 0.286 e. The normalized spacial score (nSPS) is 14.0. The van der Waals surface area contributed by atoms with Crippen LogP contribution in [0.5, 0.6) is 0 Å². The van der Waals surface area contributed by atoms with E-state index in [1.807, 2.05) is 38.1 Å². The Kier molecular flexibility index (Phi) is 2.48. The first-order valence-corrected chi connectivity index (χ1v) is 7.01. The molecule has 3 aromatic rings. The van der Waals surface area contributed by atoms with Gasteiger partial charge in [0, 0.05) is 6.20 Å². The van der Waals surface area contributed by atoms with E-state index in [9.17, 15) is 9.59 Å². The zero-order valence-electron chi connectivity index (χ0n) is 12.2. The number of aryl methyl sites for hydroxylation is 1. The third kappa shape index (κ3) is 1.50. The van der Waals surface area contributed by atoms with E-state index in [4.69, 9.17) is 0 Å². The lowest BCUT2D eigenvalue weighted by Crippen LogP contribution is -2.31. The van der Waals surface area contributed by atoms with Gasteiger partial charge in [0.25, 0.3) is 11.8 Å². The highest BCUT2D eigenvalue weighted by molar-refractivity contribution is 6.33. The summed E-state index contributed by atoms with van der Waals surface area (Å²) >= 11 is 0. The smallest absolute Gasteiger partial charge is 0.286 e. The Hall–Kier alpha value is -2.95. The first-order chi connectivity index (χ1) is 10.6. The minimum atomic E-state index is -0.364. The summed E-state index contributed by atoms with van der Waals surface area (Å²) in [5.41, 5.74) is 3.74. The second kappa shape index (κ2) is 4.27. The highest BCUT2D eigenvalue weighted by Gasteiger charge is 2.41. The largest absolute Gasteiger partial charge is 0.295 e. The van der Waals surface area contributed by atoms with Gasteiger partial charge in [-0.2, -0.15) is 0 Å². The number of carbonyl (C=O) groups excluding carboxylic acids is 2. The van der Waals surface area contributed by atoms with Crippen molar-refractivity contribution in [3.63, 3.8) is 0 Å². The van der Waals surface area contributed by atoms with E-state index in [0.29, 0.717) is 17.0 Å². The molecule has 0 spiro atoms.